The van der Waals surface area contributed by atoms with Crippen molar-refractivity contribution in [2.75, 3.05) is 5.75 Å². The molecule has 0 aliphatic heterocycles. The smallest absolute Gasteiger partial charge is 0.263 e. The molecule has 2 rings (SSSR count). The monoisotopic (exact) mass is 306 g/mol. The lowest BCUT2D eigenvalue weighted by atomic mass is 10.2. The van der Waals surface area contributed by atoms with Gasteiger partial charge in [-0.1, -0.05) is 30.0 Å². The van der Waals surface area contributed by atoms with Crippen LogP contribution >= 0.6 is 23.1 Å². The molecule has 0 aromatic carbocycles. The highest BCUT2D eigenvalue weighted by molar-refractivity contribution is 7.99. The zero-order valence-corrected chi connectivity index (χ0v) is 13.7. The van der Waals surface area contributed by atoms with Crippen LogP contribution in [0.5, 0.6) is 0 Å². The third-order valence-electron chi connectivity index (χ3n) is 3.01. The van der Waals surface area contributed by atoms with Gasteiger partial charge >= 0.3 is 0 Å². The lowest BCUT2D eigenvalue weighted by molar-refractivity contribution is 0.673. The first kappa shape index (κ1) is 15.1. The van der Waals surface area contributed by atoms with Crippen LogP contribution in [0.25, 0.3) is 10.2 Å². The summed E-state index contributed by atoms with van der Waals surface area (Å²) in [6.07, 6.45) is 1.73. The van der Waals surface area contributed by atoms with E-state index >= 15 is 0 Å². The Labute approximate surface area is 127 Å². The first-order chi connectivity index (χ1) is 9.45. The molecule has 2 heterocycles. The summed E-state index contributed by atoms with van der Waals surface area (Å²) in [6.45, 7) is 14.1. The minimum atomic E-state index is 0.0287. The summed E-state index contributed by atoms with van der Waals surface area (Å²) in [5.41, 5.74) is 2.13. The van der Waals surface area contributed by atoms with Crippen LogP contribution in [0.4, 0.5) is 0 Å². The molecule has 0 aliphatic rings. The summed E-state index contributed by atoms with van der Waals surface area (Å²) in [4.78, 5) is 19.3. The van der Waals surface area contributed by atoms with Crippen molar-refractivity contribution in [2.24, 2.45) is 0 Å². The molecule has 0 unspecified atom stereocenters. The lowest BCUT2D eigenvalue weighted by Crippen LogP contribution is -2.22. The highest BCUT2D eigenvalue weighted by Crippen LogP contribution is 2.28. The number of thioether (sulfide) groups is 1. The molecule has 0 amide bonds. The van der Waals surface area contributed by atoms with E-state index in [9.17, 15) is 4.79 Å². The van der Waals surface area contributed by atoms with Gasteiger partial charge in [-0.05, 0) is 26.3 Å². The molecule has 20 heavy (non-hydrogen) atoms. The predicted octanol–water partition coefficient (Wildman–Crippen LogP) is 3.93. The second-order valence-electron chi connectivity index (χ2n) is 4.81. The molecule has 0 N–H and O–H groups in total. The number of allylic oxidation sites excluding steroid dienone is 1. The number of aromatic nitrogens is 2. The maximum Gasteiger partial charge on any atom is 0.263 e. The molecule has 0 saturated heterocycles. The number of aryl methyl sites for hydroxylation is 2. The fraction of sp³-hybridized carbons (Fsp3) is 0.333. The second kappa shape index (κ2) is 5.97. The van der Waals surface area contributed by atoms with Gasteiger partial charge in [0.25, 0.3) is 5.56 Å². The Balaban J connectivity index is 2.66. The Kier molecular flexibility index (Phi) is 4.50. The molecule has 5 heteroatoms. The summed E-state index contributed by atoms with van der Waals surface area (Å²) in [5, 5.41) is 1.49. The SMILES string of the molecule is C=CCn1c(SCC(=C)C)nc2sc(C)c(C)c2c1=O. The van der Waals surface area contributed by atoms with E-state index < -0.39 is 0 Å². The van der Waals surface area contributed by atoms with Gasteiger partial charge in [0.15, 0.2) is 5.16 Å². The zero-order valence-electron chi connectivity index (χ0n) is 12.0. The zero-order chi connectivity index (χ0) is 14.9. The van der Waals surface area contributed by atoms with E-state index in [1.165, 1.54) is 0 Å². The average molecular weight is 306 g/mol. The first-order valence-electron chi connectivity index (χ1n) is 6.34. The summed E-state index contributed by atoms with van der Waals surface area (Å²) < 4.78 is 1.70. The van der Waals surface area contributed by atoms with E-state index in [4.69, 9.17) is 0 Å². The molecule has 106 valence electrons. The van der Waals surface area contributed by atoms with Crippen LogP contribution in [-0.4, -0.2) is 15.3 Å². The van der Waals surface area contributed by atoms with Gasteiger partial charge in [-0.3, -0.25) is 9.36 Å². The molecule has 3 nitrogen and oxygen atoms in total. The van der Waals surface area contributed by atoms with E-state index in [2.05, 4.69) is 18.1 Å². The largest absolute Gasteiger partial charge is 0.283 e. The highest BCUT2D eigenvalue weighted by Gasteiger charge is 2.16. The van der Waals surface area contributed by atoms with Gasteiger partial charge in [-0.2, -0.15) is 0 Å². The second-order valence-corrected chi connectivity index (χ2v) is 6.95. The number of nitrogens with zero attached hydrogens (tertiary/aromatic N) is 2. The number of fused-ring (bicyclic) bond motifs is 1. The Bertz CT molecular complexity index is 740. The van der Waals surface area contributed by atoms with Crippen LogP contribution in [0, 0.1) is 13.8 Å². The molecule has 0 radical (unpaired) electrons. The van der Waals surface area contributed by atoms with Crippen molar-refractivity contribution in [2.45, 2.75) is 32.5 Å². The van der Waals surface area contributed by atoms with Gasteiger partial charge in [0.2, 0.25) is 0 Å². The molecule has 0 bridgehead atoms. The summed E-state index contributed by atoms with van der Waals surface area (Å²) in [5.74, 6) is 0.762. The van der Waals surface area contributed by atoms with Crippen LogP contribution in [0.1, 0.15) is 17.4 Å². The van der Waals surface area contributed by atoms with Gasteiger partial charge in [0.05, 0.1) is 5.39 Å². The van der Waals surface area contributed by atoms with Crippen LogP contribution in [0.3, 0.4) is 0 Å². The Morgan fingerprint density at radius 2 is 2.20 bits per heavy atom. The lowest BCUT2D eigenvalue weighted by Gasteiger charge is -2.10. The van der Waals surface area contributed by atoms with Gasteiger partial charge < -0.3 is 0 Å². The molecule has 2 aromatic rings. The highest BCUT2D eigenvalue weighted by atomic mass is 32.2. The number of hydrogen-bond acceptors (Lipinski definition) is 4. The van der Waals surface area contributed by atoms with E-state index in [-0.39, 0.29) is 5.56 Å². The molecule has 0 fully saturated rings. The summed E-state index contributed by atoms with van der Waals surface area (Å²) in [7, 11) is 0. The van der Waals surface area contributed by atoms with Crippen molar-refractivity contribution >= 4 is 33.3 Å². The van der Waals surface area contributed by atoms with Gasteiger partial charge in [0.1, 0.15) is 4.83 Å². The standard InChI is InChI=1S/C15H18N2OS2/c1-6-7-17-14(18)12-10(4)11(5)20-13(12)16-15(17)19-8-9(2)3/h6H,1-2,7-8H2,3-5H3. The Morgan fingerprint density at radius 3 is 2.80 bits per heavy atom. The van der Waals surface area contributed by atoms with Crippen LogP contribution < -0.4 is 5.56 Å². The van der Waals surface area contributed by atoms with Crippen LogP contribution in [0.15, 0.2) is 34.8 Å². The predicted molar refractivity (Wildman–Crippen MR) is 89.1 cm³/mol. The van der Waals surface area contributed by atoms with Crippen molar-refractivity contribution in [3.8, 4) is 0 Å². The van der Waals surface area contributed by atoms with Crippen molar-refractivity contribution < 1.29 is 0 Å². The van der Waals surface area contributed by atoms with E-state index in [0.717, 1.165) is 37.1 Å². The van der Waals surface area contributed by atoms with Gasteiger partial charge in [-0.25, -0.2) is 4.98 Å². The Hall–Kier alpha value is -1.33. The van der Waals surface area contributed by atoms with Gasteiger partial charge in [-0.15, -0.1) is 17.9 Å². The fourth-order valence-corrected chi connectivity index (χ4v) is 3.82. The topological polar surface area (TPSA) is 34.9 Å². The number of hydrogen-bond donors (Lipinski definition) is 0. The number of rotatable bonds is 5. The van der Waals surface area contributed by atoms with Crippen molar-refractivity contribution in [1.82, 2.24) is 9.55 Å². The molecule has 2 aromatic heterocycles. The molecular weight excluding hydrogens is 288 g/mol. The van der Waals surface area contributed by atoms with E-state index in [1.54, 1.807) is 33.7 Å². The average Bonchev–Trinajstić information content (AvgIpc) is 2.66. The first-order valence-corrected chi connectivity index (χ1v) is 8.14. The van der Waals surface area contributed by atoms with Crippen molar-refractivity contribution in [3.05, 3.63) is 45.6 Å². The molecular formula is C15H18N2OS2. The third-order valence-corrected chi connectivity index (χ3v) is 5.32. The third kappa shape index (κ3) is 2.74. The number of thiophene rings is 1. The molecule has 0 spiro atoms. The minimum absolute atomic E-state index is 0.0287. The maximum absolute atomic E-state index is 12.7. The summed E-state index contributed by atoms with van der Waals surface area (Å²) in [6, 6.07) is 0. The maximum atomic E-state index is 12.7. The molecule has 0 atom stereocenters. The molecule has 0 aliphatic carbocycles. The van der Waals surface area contributed by atoms with E-state index in [1.807, 2.05) is 20.8 Å². The molecule has 0 saturated carbocycles. The minimum Gasteiger partial charge on any atom is -0.283 e. The normalized spacial score (nSPS) is 10.9. The van der Waals surface area contributed by atoms with Crippen LogP contribution in [0.2, 0.25) is 0 Å². The Morgan fingerprint density at radius 1 is 1.50 bits per heavy atom. The van der Waals surface area contributed by atoms with Crippen molar-refractivity contribution in [3.63, 3.8) is 0 Å². The quantitative estimate of drug-likeness (QED) is 0.477. The summed E-state index contributed by atoms with van der Waals surface area (Å²) >= 11 is 3.13. The van der Waals surface area contributed by atoms with Crippen LogP contribution in [-0.2, 0) is 6.54 Å². The van der Waals surface area contributed by atoms with Crippen molar-refractivity contribution in [1.29, 1.82) is 0 Å². The van der Waals surface area contributed by atoms with E-state index in [0.29, 0.717) is 6.54 Å². The van der Waals surface area contributed by atoms with Gasteiger partial charge in [0, 0.05) is 17.2 Å². The fourth-order valence-electron chi connectivity index (χ4n) is 1.90.